The first-order valence-electron chi connectivity index (χ1n) is 10.1. The van der Waals surface area contributed by atoms with Crippen molar-refractivity contribution in [2.45, 2.75) is 58.2 Å². The van der Waals surface area contributed by atoms with Gasteiger partial charge in [-0.15, -0.1) is 12.4 Å². The number of carbonyl (C=O) groups excluding carboxylic acids is 1. The number of nitrogens with one attached hydrogen (secondary N) is 3. The van der Waals surface area contributed by atoms with E-state index in [1.165, 1.54) is 24.8 Å². The first-order valence-corrected chi connectivity index (χ1v) is 10.1. The minimum Gasteiger partial charge on any atom is -0.379 e. The summed E-state index contributed by atoms with van der Waals surface area (Å²) >= 11 is 0. The maximum atomic E-state index is 12.1. The van der Waals surface area contributed by atoms with E-state index in [1.54, 1.807) is 0 Å². The molecule has 1 amide bonds. The molecule has 27 heavy (non-hydrogen) atoms. The fourth-order valence-corrected chi connectivity index (χ4v) is 4.04. The summed E-state index contributed by atoms with van der Waals surface area (Å²) in [5.74, 6) is 0.779. The smallest absolute Gasteiger partial charge is 0.227 e. The molecule has 1 aliphatic heterocycles. The van der Waals surface area contributed by atoms with Gasteiger partial charge in [0, 0.05) is 36.8 Å². The van der Waals surface area contributed by atoms with Crippen molar-refractivity contribution in [1.82, 2.24) is 10.6 Å². The average Bonchev–Trinajstić information content (AvgIpc) is 3.15. The summed E-state index contributed by atoms with van der Waals surface area (Å²) in [4.78, 5) is 12.1. The SMILES string of the molecule is CCC(C)C(=O)Nc1cccc(CNC2CCCC2C2COCCN2)c1.Cl. The fourth-order valence-electron chi connectivity index (χ4n) is 4.04. The van der Waals surface area contributed by atoms with Crippen LogP contribution in [0.2, 0.25) is 0 Å². The second-order valence-electron chi connectivity index (χ2n) is 7.72. The second-order valence-corrected chi connectivity index (χ2v) is 7.72. The van der Waals surface area contributed by atoms with Crippen LogP contribution in [0.15, 0.2) is 24.3 Å². The Balaban J connectivity index is 0.00000261. The van der Waals surface area contributed by atoms with Crippen molar-refractivity contribution < 1.29 is 9.53 Å². The van der Waals surface area contributed by atoms with Gasteiger partial charge in [0.25, 0.3) is 0 Å². The number of ether oxygens (including phenoxy) is 1. The third kappa shape index (κ3) is 6.18. The standard InChI is InChI=1S/C21H33N3O2.ClH/c1-3-15(2)21(25)24-17-7-4-6-16(12-17)13-23-19-9-5-8-18(19)20-14-26-11-10-22-20;/h4,6-7,12,15,18-20,22-23H,3,5,8-11,13-14H2,1-2H3,(H,24,25);1H. The zero-order valence-corrected chi connectivity index (χ0v) is 17.3. The van der Waals surface area contributed by atoms with Gasteiger partial charge in [-0.1, -0.05) is 32.4 Å². The first kappa shape index (κ1) is 22.2. The normalized spacial score (nSPS) is 26.2. The Morgan fingerprint density at radius 1 is 1.37 bits per heavy atom. The number of benzene rings is 1. The maximum Gasteiger partial charge on any atom is 0.227 e. The predicted octanol–water partition coefficient (Wildman–Crippen LogP) is 3.34. The molecule has 4 unspecified atom stereocenters. The highest BCUT2D eigenvalue weighted by Crippen LogP contribution is 2.29. The molecule has 1 aromatic rings. The molecule has 0 aromatic heterocycles. The van der Waals surface area contributed by atoms with Crippen molar-refractivity contribution >= 4 is 24.0 Å². The van der Waals surface area contributed by atoms with Gasteiger partial charge in [0.2, 0.25) is 5.91 Å². The molecule has 1 aliphatic carbocycles. The van der Waals surface area contributed by atoms with Crippen molar-refractivity contribution in [2.24, 2.45) is 11.8 Å². The van der Waals surface area contributed by atoms with Crippen LogP contribution in [0.25, 0.3) is 0 Å². The number of hydrogen-bond acceptors (Lipinski definition) is 4. The van der Waals surface area contributed by atoms with Gasteiger partial charge in [0.1, 0.15) is 0 Å². The first-order chi connectivity index (χ1) is 12.7. The molecule has 1 saturated heterocycles. The van der Waals surface area contributed by atoms with Crippen molar-refractivity contribution in [3.05, 3.63) is 29.8 Å². The van der Waals surface area contributed by atoms with E-state index < -0.39 is 0 Å². The molecule has 1 aromatic carbocycles. The fraction of sp³-hybridized carbons (Fsp3) is 0.667. The Hall–Kier alpha value is -1.14. The molecule has 1 saturated carbocycles. The van der Waals surface area contributed by atoms with Gasteiger partial charge in [-0.2, -0.15) is 0 Å². The van der Waals surface area contributed by atoms with Crippen LogP contribution in [0, 0.1) is 11.8 Å². The highest BCUT2D eigenvalue weighted by Gasteiger charge is 2.34. The van der Waals surface area contributed by atoms with Crippen LogP contribution in [-0.4, -0.2) is 37.7 Å². The lowest BCUT2D eigenvalue weighted by molar-refractivity contribution is -0.119. The van der Waals surface area contributed by atoms with Gasteiger partial charge in [0.05, 0.1) is 13.2 Å². The average molecular weight is 396 g/mol. The molecular weight excluding hydrogens is 362 g/mol. The zero-order chi connectivity index (χ0) is 18.4. The molecule has 2 aliphatic rings. The molecule has 6 heteroatoms. The quantitative estimate of drug-likeness (QED) is 0.662. The van der Waals surface area contributed by atoms with E-state index in [2.05, 4.69) is 28.1 Å². The zero-order valence-electron chi connectivity index (χ0n) is 16.5. The second kappa shape index (κ2) is 11.0. The highest BCUT2D eigenvalue weighted by atomic mass is 35.5. The van der Waals surface area contributed by atoms with Crippen LogP contribution in [0.1, 0.15) is 45.1 Å². The molecular formula is C21H34ClN3O2. The minimum absolute atomic E-state index is 0. The van der Waals surface area contributed by atoms with Gasteiger partial charge in [-0.3, -0.25) is 4.79 Å². The topological polar surface area (TPSA) is 62.4 Å². The van der Waals surface area contributed by atoms with Crippen LogP contribution in [0.4, 0.5) is 5.69 Å². The van der Waals surface area contributed by atoms with Crippen LogP contribution < -0.4 is 16.0 Å². The summed E-state index contributed by atoms with van der Waals surface area (Å²) in [6.07, 6.45) is 4.64. The molecule has 152 valence electrons. The predicted molar refractivity (Wildman–Crippen MR) is 112 cm³/mol. The summed E-state index contributed by atoms with van der Waals surface area (Å²) in [7, 11) is 0. The van der Waals surface area contributed by atoms with Crippen LogP contribution in [0.3, 0.4) is 0 Å². The van der Waals surface area contributed by atoms with Gasteiger partial charge < -0.3 is 20.7 Å². The molecule has 1 heterocycles. The van der Waals surface area contributed by atoms with Crippen LogP contribution in [0.5, 0.6) is 0 Å². The van der Waals surface area contributed by atoms with Crippen molar-refractivity contribution in [1.29, 1.82) is 0 Å². The molecule has 2 fully saturated rings. The lowest BCUT2D eigenvalue weighted by Gasteiger charge is -2.33. The largest absolute Gasteiger partial charge is 0.379 e. The number of anilines is 1. The van der Waals surface area contributed by atoms with Gasteiger partial charge in [-0.25, -0.2) is 0 Å². The van der Waals surface area contributed by atoms with Gasteiger partial charge in [0.15, 0.2) is 0 Å². The number of carbonyl (C=O) groups is 1. The number of halogens is 1. The van der Waals surface area contributed by atoms with Gasteiger partial charge >= 0.3 is 0 Å². The Bertz CT molecular complexity index is 593. The summed E-state index contributed by atoms with van der Waals surface area (Å²) in [6, 6.07) is 9.20. The lowest BCUT2D eigenvalue weighted by Crippen LogP contribution is -2.50. The number of morpholine rings is 1. The van der Waals surface area contributed by atoms with Crippen molar-refractivity contribution in [3.8, 4) is 0 Å². The highest BCUT2D eigenvalue weighted by molar-refractivity contribution is 5.92. The van der Waals surface area contributed by atoms with E-state index >= 15 is 0 Å². The molecule has 0 bridgehead atoms. The third-order valence-electron chi connectivity index (χ3n) is 5.86. The molecule has 0 radical (unpaired) electrons. The lowest BCUT2D eigenvalue weighted by atomic mass is 9.94. The monoisotopic (exact) mass is 395 g/mol. The number of amides is 1. The van der Waals surface area contributed by atoms with Gasteiger partial charge in [-0.05, 0) is 42.9 Å². The Morgan fingerprint density at radius 2 is 2.22 bits per heavy atom. The van der Waals surface area contributed by atoms with Crippen molar-refractivity contribution in [3.63, 3.8) is 0 Å². The van der Waals surface area contributed by atoms with E-state index in [0.717, 1.165) is 38.4 Å². The van der Waals surface area contributed by atoms with Crippen LogP contribution in [-0.2, 0) is 16.1 Å². The Kier molecular flexibility index (Phi) is 9.03. The van der Waals surface area contributed by atoms with E-state index in [4.69, 9.17) is 4.74 Å². The van der Waals surface area contributed by atoms with Crippen LogP contribution >= 0.6 is 12.4 Å². The third-order valence-corrected chi connectivity index (χ3v) is 5.86. The molecule has 0 spiro atoms. The summed E-state index contributed by atoms with van der Waals surface area (Å²) < 4.78 is 5.66. The molecule has 3 rings (SSSR count). The maximum absolute atomic E-state index is 12.1. The van der Waals surface area contributed by atoms with E-state index in [9.17, 15) is 4.79 Å². The molecule has 5 nitrogen and oxygen atoms in total. The number of rotatable bonds is 7. The Morgan fingerprint density at radius 3 is 2.96 bits per heavy atom. The molecule has 3 N–H and O–H groups in total. The Labute approximate surface area is 169 Å². The summed E-state index contributed by atoms with van der Waals surface area (Å²) in [6.45, 7) is 7.46. The molecule has 4 atom stereocenters. The van der Waals surface area contributed by atoms with E-state index in [0.29, 0.717) is 18.0 Å². The summed E-state index contributed by atoms with van der Waals surface area (Å²) in [5.41, 5.74) is 2.10. The number of hydrogen-bond donors (Lipinski definition) is 3. The van der Waals surface area contributed by atoms with E-state index in [-0.39, 0.29) is 24.2 Å². The minimum atomic E-state index is 0. The summed E-state index contributed by atoms with van der Waals surface area (Å²) in [5, 5.41) is 10.4. The van der Waals surface area contributed by atoms with E-state index in [1.807, 2.05) is 26.0 Å². The van der Waals surface area contributed by atoms with Crippen molar-refractivity contribution in [2.75, 3.05) is 25.1 Å².